The normalized spacial score (nSPS) is 14.6. The van der Waals surface area contributed by atoms with Crippen molar-refractivity contribution in [2.75, 3.05) is 11.4 Å². The number of hydrogen-bond acceptors (Lipinski definition) is 3. The number of benzene rings is 1. The van der Waals surface area contributed by atoms with Gasteiger partial charge in [0.15, 0.2) is 0 Å². The molecule has 19 heavy (non-hydrogen) atoms. The van der Waals surface area contributed by atoms with Crippen LogP contribution in [-0.4, -0.2) is 18.4 Å². The highest BCUT2D eigenvalue weighted by atomic mass is 16.4. The molecule has 1 amide bonds. The van der Waals surface area contributed by atoms with Crippen LogP contribution < -0.4 is 10.0 Å². The first kappa shape index (κ1) is 13.6. The van der Waals surface area contributed by atoms with Crippen molar-refractivity contribution in [1.29, 1.82) is 0 Å². The van der Waals surface area contributed by atoms with Gasteiger partial charge in [0, 0.05) is 24.6 Å². The Kier molecular flexibility index (Phi) is 4.55. The number of aliphatic carboxylic acids is 1. The van der Waals surface area contributed by atoms with Gasteiger partial charge in [0.1, 0.15) is 0 Å². The van der Waals surface area contributed by atoms with Gasteiger partial charge in [-0.3, -0.25) is 4.79 Å². The molecule has 0 unspecified atom stereocenters. The highest BCUT2D eigenvalue weighted by Gasteiger charge is 2.20. The molecule has 1 aliphatic rings. The summed E-state index contributed by atoms with van der Waals surface area (Å²) >= 11 is 0. The molecule has 1 aromatic carbocycles. The Morgan fingerprint density at radius 2 is 1.95 bits per heavy atom. The number of para-hydroxylation sites is 1. The van der Waals surface area contributed by atoms with Gasteiger partial charge in [0.05, 0.1) is 0 Å². The first-order chi connectivity index (χ1) is 9.18. The lowest BCUT2D eigenvalue weighted by Crippen LogP contribution is -2.32. The number of fused-ring (bicyclic) bond motifs is 1. The standard InChI is InChI=1S/C15H19NO3/c17-14(9-5-10-15(18)19)16-11-4-3-7-12-6-1-2-8-13(12)16/h1-2,6,8H,3-5,7,9-11H2,(H,18,19)/p-1. The molecule has 1 aliphatic heterocycles. The highest BCUT2D eigenvalue weighted by molar-refractivity contribution is 5.94. The van der Waals surface area contributed by atoms with E-state index in [2.05, 4.69) is 6.07 Å². The molecule has 2 rings (SSSR count). The van der Waals surface area contributed by atoms with Crippen LogP contribution in [0.5, 0.6) is 0 Å². The van der Waals surface area contributed by atoms with Crippen molar-refractivity contribution in [3.63, 3.8) is 0 Å². The van der Waals surface area contributed by atoms with Gasteiger partial charge in [0.25, 0.3) is 0 Å². The molecule has 0 aliphatic carbocycles. The minimum atomic E-state index is -1.09. The molecule has 4 nitrogen and oxygen atoms in total. The van der Waals surface area contributed by atoms with Crippen LogP contribution in [0, 0.1) is 0 Å². The number of nitrogens with zero attached hydrogens (tertiary/aromatic N) is 1. The zero-order chi connectivity index (χ0) is 13.7. The molecule has 0 spiro atoms. The molecule has 102 valence electrons. The smallest absolute Gasteiger partial charge is 0.226 e. The monoisotopic (exact) mass is 260 g/mol. The van der Waals surface area contributed by atoms with Gasteiger partial charge in [-0.05, 0) is 43.7 Å². The fraction of sp³-hybridized carbons (Fsp3) is 0.467. The van der Waals surface area contributed by atoms with E-state index in [1.54, 1.807) is 4.90 Å². The Labute approximate surface area is 113 Å². The molecule has 0 atom stereocenters. The first-order valence-electron chi connectivity index (χ1n) is 6.76. The molecule has 0 saturated carbocycles. The van der Waals surface area contributed by atoms with Crippen LogP contribution in [0.15, 0.2) is 24.3 Å². The number of hydrogen-bond donors (Lipinski definition) is 0. The molecular formula is C15H18NO3-. The average Bonchev–Trinajstić information content (AvgIpc) is 2.60. The topological polar surface area (TPSA) is 60.4 Å². The van der Waals surface area contributed by atoms with Crippen molar-refractivity contribution in [2.45, 2.75) is 38.5 Å². The zero-order valence-corrected chi connectivity index (χ0v) is 10.9. The summed E-state index contributed by atoms with van der Waals surface area (Å²) < 4.78 is 0. The predicted octanol–water partition coefficient (Wildman–Crippen LogP) is 1.28. The SMILES string of the molecule is O=C([O-])CCCC(=O)N1CCCCc2ccccc21. The lowest BCUT2D eigenvalue weighted by Gasteiger charge is -2.23. The van der Waals surface area contributed by atoms with E-state index in [1.165, 1.54) is 5.56 Å². The zero-order valence-electron chi connectivity index (χ0n) is 10.9. The largest absolute Gasteiger partial charge is 0.550 e. The predicted molar refractivity (Wildman–Crippen MR) is 70.6 cm³/mol. The van der Waals surface area contributed by atoms with E-state index in [1.807, 2.05) is 18.2 Å². The summed E-state index contributed by atoms with van der Waals surface area (Å²) in [5.41, 5.74) is 2.19. The third-order valence-electron chi connectivity index (χ3n) is 3.43. The number of carboxylic acids is 1. The van der Waals surface area contributed by atoms with Crippen LogP contribution >= 0.6 is 0 Å². The minimum Gasteiger partial charge on any atom is -0.550 e. The Morgan fingerprint density at radius 3 is 2.74 bits per heavy atom. The van der Waals surface area contributed by atoms with Gasteiger partial charge < -0.3 is 14.8 Å². The molecule has 1 aromatic rings. The number of aryl methyl sites for hydroxylation is 1. The van der Waals surface area contributed by atoms with Crippen LogP contribution in [0.3, 0.4) is 0 Å². The molecule has 0 fully saturated rings. The summed E-state index contributed by atoms with van der Waals surface area (Å²) in [4.78, 5) is 24.4. The van der Waals surface area contributed by atoms with Crippen molar-refractivity contribution in [3.8, 4) is 0 Å². The van der Waals surface area contributed by atoms with Gasteiger partial charge in [-0.2, -0.15) is 0 Å². The van der Waals surface area contributed by atoms with E-state index in [-0.39, 0.29) is 18.7 Å². The number of carbonyl (C=O) groups is 2. The second-order valence-corrected chi connectivity index (χ2v) is 4.86. The summed E-state index contributed by atoms with van der Waals surface area (Å²) in [6.07, 6.45) is 3.63. The Balaban J connectivity index is 2.06. The van der Waals surface area contributed by atoms with Crippen molar-refractivity contribution >= 4 is 17.6 Å². The third kappa shape index (κ3) is 3.56. The summed E-state index contributed by atoms with van der Waals surface area (Å²) in [7, 11) is 0. The first-order valence-corrected chi connectivity index (χ1v) is 6.76. The number of rotatable bonds is 4. The summed E-state index contributed by atoms with van der Waals surface area (Å²) in [6, 6.07) is 7.95. The molecule has 4 heteroatoms. The summed E-state index contributed by atoms with van der Waals surface area (Å²) in [5, 5.41) is 10.4. The van der Waals surface area contributed by atoms with Crippen LogP contribution in [0.1, 0.15) is 37.7 Å². The maximum atomic E-state index is 12.2. The van der Waals surface area contributed by atoms with Crippen molar-refractivity contribution in [2.24, 2.45) is 0 Å². The van der Waals surface area contributed by atoms with Crippen molar-refractivity contribution in [1.82, 2.24) is 0 Å². The van der Waals surface area contributed by atoms with Crippen LogP contribution in [-0.2, 0) is 16.0 Å². The fourth-order valence-electron chi connectivity index (χ4n) is 2.47. The summed E-state index contributed by atoms with van der Waals surface area (Å²) in [5.74, 6) is -1.08. The van der Waals surface area contributed by atoms with Crippen molar-refractivity contribution in [3.05, 3.63) is 29.8 Å². The second kappa shape index (κ2) is 6.36. The van der Waals surface area contributed by atoms with E-state index in [0.717, 1.165) is 31.5 Å². The van der Waals surface area contributed by atoms with Gasteiger partial charge in [-0.25, -0.2) is 0 Å². The van der Waals surface area contributed by atoms with Crippen LogP contribution in [0.4, 0.5) is 5.69 Å². The van der Waals surface area contributed by atoms with Gasteiger partial charge in [0.2, 0.25) is 5.91 Å². The maximum absolute atomic E-state index is 12.2. The molecule has 0 radical (unpaired) electrons. The molecule has 1 heterocycles. The van der Waals surface area contributed by atoms with E-state index < -0.39 is 5.97 Å². The fourth-order valence-corrected chi connectivity index (χ4v) is 2.47. The number of anilines is 1. The van der Waals surface area contributed by atoms with Gasteiger partial charge in [-0.1, -0.05) is 18.2 Å². The maximum Gasteiger partial charge on any atom is 0.226 e. The third-order valence-corrected chi connectivity index (χ3v) is 3.43. The van der Waals surface area contributed by atoms with Crippen LogP contribution in [0.2, 0.25) is 0 Å². The molecule has 0 N–H and O–H groups in total. The second-order valence-electron chi connectivity index (χ2n) is 4.86. The number of amides is 1. The molecular weight excluding hydrogens is 242 g/mol. The molecule has 0 aromatic heterocycles. The van der Waals surface area contributed by atoms with Gasteiger partial charge >= 0.3 is 0 Å². The average molecular weight is 260 g/mol. The van der Waals surface area contributed by atoms with Crippen molar-refractivity contribution < 1.29 is 14.7 Å². The van der Waals surface area contributed by atoms with E-state index in [9.17, 15) is 14.7 Å². The van der Waals surface area contributed by atoms with Gasteiger partial charge in [-0.15, -0.1) is 0 Å². The van der Waals surface area contributed by atoms with E-state index >= 15 is 0 Å². The number of carbonyl (C=O) groups excluding carboxylic acids is 2. The van der Waals surface area contributed by atoms with E-state index in [4.69, 9.17) is 0 Å². The Morgan fingerprint density at radius 1 is 1.16 bits per heavy atom. The lowest BCUT2D eigenvalue weighted by atomic mass is 10.1. The highest BCUT2D eigenvalue weighted by Crippen LogP contribution is 2.26. The molecule has 0 bridgehead atoms. The Hall–Kier alpha value is -1.84. The number of carboxylic acid groups (broad SMARTS) is 1. The quantitative estimate of drug-likeness (QED) is 0.819. The van der Waals surface area contributed by atoms with Crippen LogP contribution in [0.25, 0.3) is 0 Å². The minimum absolute atomic E-state index is 0.00981. The Bertz CT molecular complexity index is 470. The molecule has 0 saturated heterocycles. The summed E-state index contributed by atoms with van der Waals surface area (Å²) in [6.45, 7) is 0.723. The van der Waals surface area contributed by atoms with E-state index in [0.29, 0.717) is 6.42 Å². The lowest BCUT2D eigenvalue weighted by molar-refractivity contribution is -0.305.